The molecule has 1 fully saturated rings. The van der Waals surface area contributed by atoms with Gasteiger partial charge in [0.15, 0.2) is 0 Å². The smallest absolute Gasteiger partial charge is 0.380 e. The molecular weight excluding hydrogens is 327 g/mol. The molecule has 6 nitrogen and oxygen atoms in total. The van der Waals surface area contributed by atoms with Crippen LogP contribution in [0.15, 0.2) is 18.2 Å². The van der Waals surface area contributed by atoms with Crippen LogP contribution < -0.4 is 4.90 Å². The number of nitro groups is 1. The van der Waals surface area contributed by atoms with Gasteiger partial charge in [0, 0.05) is 56.2 Å². The van der Waals surface area contributed by atoms with Crippen molar-refractivity contribution in [1.82, 2.24) is 4.90 Å². The SMILES string of the molecule is COCc1cc([N+](=O)[O-])ccc1N1CCN(CC(F)(F)F)C(C)C1. The highest BCUT2D eigenvalue weighted by atomic mass is 19.4. The zero-order chi connectivity index (χ0) is 17.9. The largest absolute Gasteiger partial charge is 0.401 e. The number of piperazine rings is 1. The number of non-ortho nitro benzene ring substituents is 1. The first-order valence-electron chi connectivity index (χ1n) is 7.53. The molecule has 0 aromatic heterocycles. The predicted molar refractivity (Wildman–Crippen MR) is 83.1 cm³/mol. The Morgan fingerprint density at radius 3 is 2.62 bits per heavy atom. The number of anilines is 1. The third-order valence-electron chi connectivity index (χ3n) is 4.06. The maximum Gasteiger partial charge on any atom is 0.401 e. The van der Waals surface area contributed by atoms with Gasteiger partial charge in [-0.1, -0.05) is 0 Å². The van der Waals surface area contributed by atoms with Crippen LogP contribution in [0.4, 0.5) is 24.5 Å². The molecule has 1 atom stereocenters. The van der Waals surface area contributed by atoms with E-state index in [0.29, 0.717) is 18.7 Å². The van der Waals surface area contributed by atoms with E-state index in [1.54, 1.807) is 13.0 Å². The predicted octanol–water partition coefficient (Wildman–Crippen LogP) is 2.81. The van der Waals surface area contributed by atoms with Gasteiger partial charge >= 0.3 is 6.18 Å². The highest BCUT2D eigenvalue weighted by Crippen LogP contribution is 2.29. The summed E-state index contributed by atoms with van der Waals surface area (Å²) in [5.74, 6) is 0. The Morgan fingerprint density at radius 1 is 1.38 bits per heavy atom. The molecule has 0 aliphatic carbocycles. The van der Waals surface area contributed by atoms with Crippen molar-refractivity contribution in [3.05, 3.63) is 33.9 Å². The van der Waals surface area contributed by atoms with E-state index in [2.05, 4.69) is 0 Å². The van der Waals surface area contributed by atoms with Gasteiger partial charge in [0.25, 0.3) is 5.69 Å². The second kappa shape index (κ2) is 7.35. The van der Waals surface area contributed by atoms with E-state index >= 15 is 0 Å². The number of methoxy groups -OCH3 is 1. The first-order chi connectivity index (χ1) is 11.2. The van der Waals surface area contributed by atoms with Crippen LogP contribution >= 0.6 is 0 Å². The van der Waals surface area contributed by atoms with Crippen LogP contribution in [0.5, 0.6) is 0 Å². The first-order valence-corrected chi connectivity index (χ1v) is 7.53. The van der Waals surface area contributed by atoms with Gasteiger partial charge in [0.05, 0.1) is 18.1 Å². The Labute approximate surface area is 137 Å². The molecule has 1 unspecified atom stereocenters. The first kappa shape index (κ1) is 18.5. The van der Waals surface area contributed by atoms with Gasteiger partial charge in [0.2, 0.25) is 0 Å². The number of nitrogens with zero attached hydrogens (tertiary/aromatic N) is 3. The molecule has 0 spiro atoms. The maximum atomic E-state index is 12.6. The number of hydrogen-bond donors (Lipinski definition) is 0. The third-order valence-corrected chi connectivity index (χ3v) is 4.06. The Balaban J connectivity index is 2.16. The van der Waals surface area contributed by atoms with Crippen molar-refractivity contribution >= 4 is 11.4 Å². The van der Waals surface area contributed by atoms with Gasteiger partial charge in [-0.15, -0.1) is 0 Å². The molecule has 0 saturated carbocycles. The Morgan fingerprint density at radius 2 is 2.08 bits per heavy atom. The van der Waals surface area contributed by atoms with E-state index in [0.717, 1.165) is 5.69 Å². The molecule has 9 heteroatoms. The van der Waals surface area contributed by atoms with Crippen molar-refractivity contribution in [3.63, 3.8) is 0 Å². The lowest BCUT2D eigenvalue weighted by molar-refractivity contribution is -0.384. The van der Waals surface area contributed by atoms with E-state index in [1.165, 1.54) is 24.1 Å². The summed E-state index contributed by atoms with van der Waals surface area (Å²) in [6.45, 7) is 2.16. The van der Waals surface area contributed by atoms with Crippen LogP contribution in [0.2, 0.25) is 0 Å². The lowest BCUT2D eigenvalue weighted by atomic mass is 10.1. The highest BCUT2D eigenvalue weighted by molar-refractivity contribution is 5.58. The quantitative estimate of drug-likeness (QED) is 0.606. The Bertz CT molecular complexity index is 595. The summed E-state index contributed by atoms with van der Waals surface area (Å²) in [5, 5.41) is 10.9. The molecule has 1 aliphatic rings. The zero-order valence-electron chi connectivity index (χ0n) is 13.5. The van der Waals surface area contributed by atoms with E-state index < -0.39 is 17.6 Å². The lowest BCUT2D eigenvalue weighted by Crippen LogP contribution is -2.54. The minimum absolute atomic E-state index is 0.0328. The molecule has 0 radical (unpaired) electrons. The van der Waals surface area contributed by atoms with E-state index in [9.17, 15) is 23.3 Å². The van der Waals surface area contributed by atoms with Crippen molar-refractivity contribution < 1.29 is 22.8 Å². The van der Waals surface area contributed by atoms with Crippen molar-refractivity contribution in [2.45, 2.75) is 25.7 Å². The van der Waals surface area contributed by atoms with E-state index in [-0.39, 0.29) is 24.9 Å². The fourth-order valence-electron chi connectivity index (χ4n) is 2.94. The van der Waals surface area contributed by atoms with Crippen molar-refractivity contribution in [2.75, 3.05) is 38.2 Å². The minimum atomic E-state index is -4.22. The topological polar surface area (TPSA) is 58.9 Å². The fourth-order valence-corrected chi connectivity index (χ4v) is 2.94. The molecule has 2 rings (SSSR count). The summed E-state index contributed by atoms with van der Waals surface area (Å²) in [6, 6.07) is 4.22. The molecule has 1 aromatic carbocycles. The lowest BCUT2D eigenvalue weighted by Gasteiger charge is -2.41. The molecule has 1 saturated heterocycles. The second-order valence-electron chi connectivity index (χ2n) is 5.88. The molecule has 24 heavy (non-hydrogen) atoms. The summed E-state index contributed by atoms with van der Waals surface area (Å²) in [6.07, 6.45) is -4.22. The maximum absolute atomic E-state index is 12.6. The third kappa shape index (κ3) is 4.57. The molecule has 1 heterocycles. The van der Waals surface area contributed by atoms with Crippen LogP contribution in [-0.2, 0) is 11.3 Å². The number of hydrogen-bond acceptors (Lipinski definition) is 5. The number of ether oxygens (including phenoxy) is 1. The molecule has 0 amide bonds. The number of halogens is 3. The number of alkyl halides is 3. The summed E-state index contributed by atoms with van der Waals surface area (Å²) < 4.78 is 42.8. The number of rotatable bonds is 5. The van der Waals surface area contributed by atoms with Crippen LogP contribution in [0.3, 0.4) is 0 Å². The average molecular weight is 347 g/mol. The van der Waals surface area contributed by atoms with Gasteiger partial charge in [-0.05, 0) is 13.0 Å². The summed E-state index contributed by atoms with van der Waals surface area (Å²) in [4.78, 5) is 13.8. The second-order valence-corrected chi connectivity index (χ2v) is 5.88. The van der Waals surface area contributed by atoms with Crippen molar-refractivity contribution in [1.29, 1.82) is 0 Å². The molecule has 0 N–H and O–H groups in total. The molecule has 1 aromatic rings. The van der Waals surface area contributed by atoms with Gasteiger partial charge < -0.3 is 9.64 Å². The molecule has 134 valence electrons. The fraction of sp³-hybridized carbons (Fsp3) is 0.600. The molecule has 0 bridgehead atoms. The van der Waals surface area contributed by atoms with Gasteiger partial charge in [0.1, 0.15) is 0 Å². The summed E-state index contributed by atoms with van der Waals surface area (Å²) >= 11 is 0. The minimum Gasteiger partial charge on any atom is -0.380 e. The number of nitro benzene ring substituents is 1. The summed E-state index contributed by atoms with van der Waals surface area (Å²) in [5.41, 5.74) is 1.39. The van der Waals surface area contributed by atoms with Crippen LogP contribution in [0.1, 0.15) is 12.5 Å². The van der Waals surface area contributed by atoms with Gasteiger partial charge in [-0.3, -0.25) is 15.0 Å². The monoisotopic (exact) mass is 347 g/mol. The Hall–Kier alpha value is -1.87. The number of benzene rings is 1. The highest BCUT2D eigenvalue weighted by Gasteiger charge is 2.35. The zero-order valence-corrected chi connectivity index (χ0v) is 13.5. The van der Waals surface area contributed by atoms with Gasteiger partial charge in [-0.2, -0.15) is 13.2 Å². The molecule has 1 aliphatic heterocycles. The van der Waals surface area contributed by atoms with Crippen molar-refractivity contribution in [2.24, 2.45) is 0 Å². The normalized spacial score (nSPS) is 19.5. The Kier molecular flexibility index (Phi) is 5.66. The van der Waals surface area contributed by atoms with Crippen LogP contribution in [0.25, 0.3) is 0 Å². The van der Waals surface area contributed by atoms with E-state index in [4.69, 9.17) is 4.74 Å². The summed E-state index contributed by atoms with van der Waals surface area (Å²) in [7, 11) is 1.49. The standard InChI is InChI=1S/C15H20F3N3O3/c1-11-8-19(5-6-20(11)10-15(16,17)18)14-4-3-13(21(22)23)7-12(14)9-24-2/h3-4,7,11H,5-6,8-10H2,1-2H3. The average Bonchev–Trinajstić information content (AvgIpc) is 2.48. The van der Waals surface area contributed by atoms with Crippen LogP contribution in [-0.4, -0.2) is 55.3 Å². The van der Waals surface area contributed by atoms with Crippen molar-refractivity contribution in [3.8, 4) is 0 Å². The van der Waals surface area contributed by atoms with Gasteiger partial charge in [-0.25, -0.2) is 0 Å². The van der Waals surface area contributed by atoms with E-state index in [1.807, 2.05) is 4.90 Å². The van der Waals surface area contributed by atoms with Crippen LogP contribution in [0, 0.1) is 10.1 Å². The molecular formula is C15H20F3N3O3.